The zero-order valence-corrected chi connectivity index (χ0v) is 9.74. The molecule has 0 bridgehead atoms. The minimum atomic E-state index is -0.154. The lowest BCUT2D eigenvalue weighted by Crippen LogP contribution is -2.12. The third kappa shape index (κ3) is 1.48. The van der Waals surface area contributed by atoms with Crippen molar-refractivity contribution in [3.8, 4) is 0 Å². The van der Waals surface area contributed by atoms with Gasteiger partial charge in [-0.05, 0) is 25.8 Å². The number of H-pyrrole nitrogens is 1. The van der Waals surface area contributed by atoms with Crippen molar-refractivity contribution in [2.45, 2.75) is 33.2 Å². The molecule has 0 saturated carbocycles. The summed E-state index contributed by atoms with van der Waals surface area (Å²) in [6.07, 6.45) is 2.79. The van der Waals surface area contributed by atoms with Gasteiger partial charge in [0.25, 0.3) is 5.56 Å². The summed E-state index contributed by atoms with van der Waals surface area (Å²) in [6, 6.07) is 0.261. The van der Waals surface area contributed by atoms with Crippen LogP contribution in [0.5, 0.6) is 0 Å². The lowest BCUT2D eigenvalue weighted by atomic mass is 10.2. The number of nitrogens with two attached hydrogens (primary N) is 1. The zero-order valence-electron chi connectivity index (χ0n) is 9.74. The Labute approximate surface area is 93.3 Å². The van der Waals surface area contributed by atoms with E-state index in [-0.39, 0.29) is 17.5 Å². The molecule has 2 rings (SSSR count). The molecule has 0 aromatic carbocycles. The van der Waals surface area contributed by atoms with Crippen molar-refractivity contribution < 1.29 is 0 Å². The van der Waals surface area contributed by atoms with Gasteiger partial charge in [-0.1, -0.05) is 6.92 Å². The van der Waals surface area contributed by atoms with Crippen LogP contribution in [-0.4, -0.2) is 14.5 Å². The number of hydrogen-bond acceptors (Lipinski definition) is 3. The molecule has 0 saturated heterocycles. The number of fused-ring (bicyclic) bond motifs is 1. The summed E-state index contributed by atoms with van der Waals surface area (Å²) in [7, 11) is 0. The van der Waals surface area contributed by atoms with E-state index in [4.69, 9.17) is 5.73 Å². The largest absolute Gasteiger partial charge is 0.369 e. The predicted molar refractivity (Wildman–Crippen MR) is 64.5 cm³/mol. The summed E-state index contributed by atoms with van der Waals surface area (Å²) in [4.78, 5) is 18.6. The number of nitrogen functional groups attached to an aromatic ring is 1. The highest BCUT2D eigenvalue weighted by molar-refractivity contribution is 5.80. The van der Waals surface area contributed by atoms with Gasteiger partial charge in [-0.25, -0.2) is 0 Å². The summed E-state index contributed by atoms with van der Waals surface area (Å²) < 4.78 is 1.99. The van der Waals surface area contributed by atoms with Gasteiger partial charge < -0.3 is 10.3 Å². The van der Waals surface area contributed by atoms with Crippen molar-refractivity contribution in [2.75, 3.05) is 5.73 Å². The van der Waals surface area contributed by atoms with Gasteiger partial charge >= 0.3 is 0 Å². The fourth-order valence-corrected chi connectivity index (χ4v) is 1.91. The van der Waals surface area contributed by atoms with Gasteiger partial charge in [0.2, 0.25) is 5.95 Å². The summed E-state index contributed by atoms with van der Waals surface area (Å²) in [5.74, 6) is 0.167. The highest BCUT2D eigenvalue weighted by atomic mass is 16.1. The van der Waals surface area contributed by atoms with Crippen molar-refractivity contribution in [3.63, 3.8) is 0 Å². The second kappa shape index (κ2) is 3.66. The van der Waals surface area contributed by atoms with Gasteiger partial charge in [-0.15, -0.1) is 0 Å². The summed E-state index contributed by atoms with van der Waals surface area (Å²) >= 11 is 0. The highest BCUT2D eigenvalue weighted by Gasteiger charge is 2.14. The molecule has 0 radical (unpaired) electrons. The molecular formula is C11H16N4O. The van der Waals surface area contributed by atoms with E-state index in [0.29, 0.717) is 11.0 Å². The van der Waals surface area contributed by atoms with Crippen molar-refractivity contribution in [3.05, 3.63) is 22.1 Å². The maximum atomic E-state index is 11.8. The second-order valence-electron chi connectivity index (χ2n) is 4.16. The number of nitrogens with one attached hydrogen (secondary N) is 1. The molecular weight excluding hydrogens is 204 g/mol. The molecule has 16 heavy (non-hydrogen) atoms. The van der Waals surface area contributed by atoms with Gasteiger partial charge in [0.05, 0.1) is 5.39 Å². The number of aryl methyl sites for hydroxylation is 1. The van der Waals surface area contributed by atoms with E-state index < -0.39 is 0 Å². The monoisotopic (exact) mass is 220 g/mol. The first-order valence-electron chi connectivity index (χ1n) is 5.43. The molecule has 3 N–H and O–H groups in total. The molecule has 0 aliphatic heterocycles. The average Bonchev–Trinajstić information content (AvgIpc) is 2.56. The fraction of sp³-hybridized carbons (Fsp3) is 0.455. The topological polar surface area (TPSA) is 76.7 Å². The number of hydrogen-bond donors (Lipinski definition) is 2. The Morgan fingerprint density at radius 3 is 2.81 bits per heavy atom. The van der Waals surface area contributed by atoms with E-state index in [2.05, 4.69) is 23.8 Å². The van der Waals surface area contributed by atoms with Crippen LogP contribution in [0, 0.1) is 0 Å². The van der Waals surface area contributed by atoms with Gasteiger partial charge in [0, 0.05) is 12.2 Å². The maximum Gasteiger partial charge on any atom is 0.262 e. The molecule has 5 heteroatoms. The van der Waals surface area contributed by atoms with E-state index in [1.54, 1.807) is 0 Å². The fourth-order valence-electron chi connectivity index (χ4n) is 1.91. The average molecular weight is 220 g/mol. The molecule has 0 aliphatic rings. The van der Waals surface area contributed by atoms with E-state index in [1.165, 1.54) is 0 Å². The molecule has 0 unspecified atom stereocenters. The summed E-state index contributed by atoms with van der Waals surface area (Å²) in [6.45, 7) is 6.13. The number of aromatic amines is 1. The first-order chi connectivity index (χ1) is 7.54. The Bertz CT molecular complexity index is 579. The Hall–Kier alpha value is -1.78. The first kappa shape index (κ1) is 10.7. The van der Waals surface area contributed by atoms with Gasteiger partial charge in [0.15, 0.2) is 0 Å². The van der Waals surface area contributed by atoms with Crippen LogP contribution in [-0.2, 0) is 6.42 Å². The van der Waals surface area contributed by atoms with Crippen molar-refractivity contribution in [1.29, 1.82) is 0 Å². The molecule has 0 amide bonds. The third-order valence-electron chi connectivity index (χ3n) is 2.72. The third-order valence-corrected chi connectivity index (χ3v) is 2.72. The van der Waals surface area contributed by atoms with E-state index >= 15 is 0 Å². The molecule has 0 aliphatic carbocycles. The summed E-state index contributed by atoms with van der Waals surface area (Å²) in [5.41, 5.74) is 7.10. The van der Waals surface area contributed by atoms with Gasteiger partial charge in [-0.3, -0.25) is 9.78 Å². The van der Waals surface area contributed by atoms with Crippen LogP contribution in [0.2, 0.25) is 0 Å². The lowest BCUT2D eigenvalue weighted by Gasteiger charge is -2.07. The van der Waals surface area contributed by atoms with Crippen molar-refractivity contribution >= 4 is 17.0 Å². The van der Waals surface area contributed by atoms with E-state index in [9.17, 15) is 4.79 Å². The molecule has 0 atom stereocenters. The van der Waals surface area contributed by atoms with Crippen LogP contribution in [0.1, 0.15) is 32.4 Å². The smallest absolute Gasteiger partial charge is 0.262 e. The Morgan fingerprint density at radius 2 is 2.25 bits per heavy atom. The molecule has 0 fully saturated rings. The van der Waals surface area contributed by atoms with Crippen LogP contribution < -0.4 is 11.3 Å². The molecule has 2 aromatic heterocycles. The second-order valence-corrected chi connectivity index (χ2v) is 4.16. The molecule has 2 aromatic rings. The lowest BCUT2D eigenvalue weighted by molar-refractivity contribution is 0.616. The Morgan fingerprint density at radius 1 is 1.56 bits per heavy atom. The molecule has 5 nitrogen and oxygen atoms in total. The van der Waals surface area contributed by atoms with E-state index in [1.807, 2.05) is 17.7 Å². The molecule has 2 heterocycles. The van der Waals surface area contributed by atoms with Crippen LogP contribution in [0.15, 0.2) is 11.0 Å². The van der Waals surface area contributed by atoms with Crippen LogP contribution in [0.25, 0.3) is 11.0 Å². The van der Waals surface area contributed by atoms with Crippen molar-refractivity contribution in [2.24, 2.45) is 0 Å². The normalized spacial score (nSPS) is 11.5. The maximum absolute atomic E-state index is 11.8. The van der Waals surface area contributed by atoms with Crippen LogP contribution in [0.4, 0.5) is 5.95 Å². The number of anilines is 1. The van der Waals surface area contributed by atoms with Crippen molar-refractivity contribution in [1.82, 2.24) is 14.5 Å². The Balaban J connectivity index is 2.90. The summed E-state index contributed by atoms with van der Waals surface area (Å²) in [5, 5.41) is 0.658. The highest BCUT2D eigenvalue weighted by Crippen LogP contribution is 2.20. The van der Waals surface area contributed by atoms with Crippen LogP contribution >= 0.6 is 0 Å². The molecule has 86 valence electrons. The SMILES string of the molecule is CCc1cn(C(C)C)c2nc(N)[nH]c(=O)c12. The first-order valence-corrected chi connectivity index (χ1v) is 5.43. The van der Waals surface area contributed by atoms with Gasteiger partial charge in [-0.2, -0.15) is 4.98 Å². The van der Waals surface area contributed by atoms with Gasteiger partial charge in [0.1, 0.15) is 5.65 Å². The van der Waals surface area contributed by atoms with Crippen LogP contribution in [0.3, 0.4) is 0 Å². The number of nitrogens with zero attached hydrogens (tertiary/aromatic N) is 2. The minimum absolute atomic E-state index is 0.154. The standard InChI is InChI=1S/C11H16N4O/c1-4-7-5-15(6(2)3)9-8(7)10(16)14-11(12)13-9/h5-6H,4H2,1-3H3,(H3,12,13,14,16). The van der Waals surface area contributed by atoms with E-state index in [0.717, 1.165) is 12.0 Å². The molecule has 0 spiro atoms. The quantitative estimate of drug-likeness (QED) is 0.804. The predicted octanol–water partition coefficient (Wildman–Crippen LogP) is 1.45. The number of aromatic nitrogens is 3. The zero-order chi connectivity index (χ0) is 11.9. The number of rotatable bonds is 2. The Kier molecular flexibility index (Phi) is 2.46. The minimum Gasteiger partial charge on any atom is -0.369 e.